The molecule has 1 unspecified atom stereocenters. The van der Waals surface area contributed by atoms with E-state index in [0.717, 1.165) is 7.11 Å². The largest absolute Gasteiger partial charge is 0.507 e. The number of alkyl halides is 3. The molecule has 0 bridgehead atoms. The van der Waals surface area contributed by atoms with Gasteiger partial charge in [-0.05, 0) is 17.7 Å². The quantitative estimate of drug-likeness (QED) is 0.673. The predicted molar refractivity (Wildman–Crippen MR) is 108 cm³/mol. The molecule has 7 nitrogen and oxygen atoms in total. The van der Waals surface area contributed by atoms with Crippen molar-refractivity contribution in [2.45, 2.75) is 12.1 Å². The summed E-state index contributed by atoms with van der Waals surface area (Å²) in [6.45, 7) is 6.01. The molecule has 1 atom stereocenters. The Labute approximate surface area is 181 Å². The first kappa shape index (κ1) is 23.0. The summed E-state index contributed by atoms with van der Waals surface area (Å²) >= 11 is 0. The Bertz CT molecular complexity index is 1070. The molecule has 1 amide bonds. The zero-order valence-electron chi connectivity index (χ0n) is 17.0. The lowest BCUT2D eigenvalue weighted by Crippen LogP contribution is -2.31. The summed E-state index contributed by atoms with van der Waals surface area (Å²) in [6.07, 6.45) is -4.74. The fourth-order valence-corrected chi connectivity index (χ4v) is 3.47. The molecule has 0 saturated carbocycles. The maximum atomic E-state index is 13.2. The number of amides is 1. The van der Waals surface area contributed by atoms with Gasteiger partial charge in [-0.1, -0.05) is 31.4 Å². The number of hydrogen-bond acceptors (Lipinski definition) is 6. The fraction of sp³-hybridized carbons (Fsp3) is 0.227. The molecule has 2 N–H and O–H groups in total. The molecule has 0 radical (unpaired) electrons. The van der Waals surface area contributed by atoms with Gasteiger partial charge in [0.05, 0.1) is 12.5 Å². The van der Waals surface area contributed by atoms with Crippen molar-refractivity contribution in [3.05, 3.63) is 72.2 Å². The second-order valence-corrected chi connectivity index (χ2v) is 6.74. The molecule has 10 heteroatoms. The van der Waals surface area contributed by atoms with Gasteiger partial charge in [-0.3, -0.25) is 4.79 Å². The van der Waals surface area contributed by atoms with Crippen LogP contribution in [0.25, 0.3) is 0 Å². The average molecular weight is 451 g/mol. The number of carbonyl (C=O) groups excluding carboxylic acids is 1. The van der Waals surface area contributed by atoms with Gasteiger partial charge in [-0.25, -0.2) is 0 Å². The first-order chi connectivity index (χ1) is 15.2. The second-order valence-electron chi connectivity index (χ2n) is 6.74. The van der Waals surface area contributed by atoms with Crippen LogP contribution < -0.4 is 14.4 Å². The number of aliphatic hydroxyl groups is 1. The highest BCUT2D eigenvalue weighted by Crippen LogP contribution is 2.47. The van der Waals surface area contributed by atoms with Gasteiger partial charge < -0.3 is 29.3 Å². The Balaban J connectivity index is 0.00000141. The van der Waals surface area contributed by atoms with Crippen LogP contribution in [0.15, 0.2) is 61.1 Å². The van der Waals surface area contributed by atoms with E-state index in [1.165, 1.54) is 17.0 Å². The van der Waals surface area contributed by atoms with Crippen LogP contribution in [0.1, 0.15) is 17.0 Å². The van der Waals surface area contributed by atoms with Crippen LogP contribution in [0.4, 0.5) is 18.9 Å². The number of allylic oxidation sites excluding steroid dienone is 1. The SMILES string of the molecule is C=C(CN1C(=O)C(c2cc3c(cc2O)OCO3)c2ccccc21)OC(=C)C(F)(F)F.CO. The van der Waals surface area contributed by atoms with E-state index in [9.17, 15) is 23.1 Å². The number of fused-ring (bicyclic) bond motifs is 2. The van der Waals surface area contributed by atoms with Crippen molar-refractivity contribution in [3.8, 4) is 17.2 Å². The number of phenols is 1. The van der Waals surface area contributed by atoms with Crippen LogP contribution >= 0.6 is 0 Å². The summed E-state index contributed by atoms with van der Waals surface area (Å²) in [6, 6.07) is 9.68. The van der Waals surface area contributed by atoms with E-state index >= 15 is 0 Å². The van der Waals surface area contributed by atoms with Gasteiger partial charge in [0.25, 0.3) is 0 Å². The maximum absolute atomic E-state index is 13.2. The van der Waals surface area contributed by atoms with Crippen LogP contribution in [-0.4, -0.2) is 42.7 Å². The van der Waals surface area contributed by atoms with E-state index in [0.29, 0.717) is 28.3 Å². The normalized spacial score (nSPS) is 16.2. The minimum atomic E-state index is -4.74. The number of aliphatic hydroxyl groups excluding tert-OH is 1. The summed E-state index contributed by atoms with van der Waals surface area (Å²) < 4.78 is 53.3. The molecule has 0 fully saturated rings. The van der Waals surface area contributed by atoms with E-state index < -0.39 is 23.8 Å². The van der Waals surface area contributed by atoms with Gasteiger partial charge in [0.15, 0.2) is 11.5 Å². The molecular weight excluding hydrogens is 431 g/mol. The highest BCUT2D eigenvalue weighted by atomic mass is 19.4. The van der Waals surface area contributed by atoms with E-state index in [-0.39, 0.29) is 24.8 Å². The number of ether oxygens (including phenoxy) is 3. The van der Waals surface area contributed by atoms with E-state index in [1.54, 1.807) is 24.3 Å². The minimum absolute atomic E-state index is 0.000192. The highest BCUT2D eigenvalue weighted by Gasteiger charge is 2.41. The second kappa shape index (κ2) is 8.83. The number of benzene rings is 2. The number of hydrogen-bond donors (Lipinski definition) is 2. The summed E-state index contributed by atoms with van der Waals surface area (Å²) in [5.74, 6) is -2.45. The van der Waals surface area contributed by atoms with Crippen molar-refractivity contribution in [1.82, 2.24) is 0 Å². The van der Waals surface area contributed by atoms with Crippen molar-refractivity contribution in [2.75, 3.05) is 25.3 Å². The van der Waals surface area contributed by atoms with Gasteiger partial charge in [-0.15, -0.1) is 0 Å². The molecule has 2 aliphatic heterocycles. The van der Waals surface area contributed by atoms with E-state index in [2.05, 4.69) is 17.9 Å². The summed E-state index contributed by atoms with van der Waals surface area (Å²) in [5, 5.41) is 17.5. The van der Waals surface area contributed by atoms with Gasteiger partial charge in [0.2, 0.25) is 18.5 Å². The Morgan fingerprint density at radius 2 is 1.78 bits per heavy atom. The molecule has 0 aromatic heterocycles. The zero-order valence-corrected chi connectivity index (χ0v) is 17.0. The molecule has 170 valence electrons. The third-order valence-corrected chi connectivity index (χ3v) is 4.80. The van der Waals surface area contributed by atoms with Crippen molar-refractivity contribution in [3.63, 3.8) is 0 Å². The standard InChI is InChI=1S/C21H16F3NO5.CH4O/c1-11(30-12(2)21(22,23)24)9-25-15-6-4-3-5-13(15)19(20(25)27)14-7-17-18(8-16(14)26)29-10-28-17;1-2/h3-8,19,26H,1-2,9-10H2;2H,1H3. The fourth-order valence-electron chi connectivity index (χ4n) is 3.47. The van der Waals surface area contributed by atoms with Crippen LogP contribution in [0.2, 0.25) is 0 Å². The number of carbonyl (C=O) groups is 1. The first-order valence-electron chi connectivity index (χ1n) is 9.26. The van der Waals surface area contributed by atoms with E-state index in [4.69, 9.17) is 14.6 Å². The van der Waals surface area contributed by atoms with Crippen LogP contribution in [0, 0.1) is 0 Å². The number of aromatic hydroxyl groups is 1. The van der Waals surface area contributed by atoms with Crippen molar-refractivity contribution >= 4 is 11.6 Å². The number of rotatable bonds is 5. The molecule has 32 heavy (non-hydrogen) atoms. The number of anilines is 1. The van der Waals surface area contributed by atoms with Crippen molar-refractivity contribution in [1.29, 1.82) is 0 Å². The molecule has 2 aliphatic rings. The monoisotopic (exact) mass is 451 g/mol. The molecular formula is C22H20F3NO6. The van der Waals surface area contributed by atoms with Crippen LogP contribution in [0.5, 0.6) is 17.2 Å². The summed E-state index contributed by atoms with van der Waals surface area (Å²) in [7, 11) is 1.00. The third kappa shape index (κ3) is 4.22. The topological polar surface area (TPSA) is 88.5 Å². The lowest BCUT2D eigenvalue weighted by molar-refractivity contribution is -0.123. The summed E-state index contributed by atoms with van der Waals surface area (Å²) in [5.41, 5.74) is 1.36. The lowest BCUT2D eigenvalue weighted by Gasteiger charge is -2.21. The number of nitrogens with zero attached hydrogens (tertiary/aromatic N) is 1. The molecule has 2 aromatic rings. The smallest absolute Gasteiger partial charge is 0.448 e. The van der Waals surface area contributed by atoms with Crippen LogP contribution in [-0.2, 0) is 9.53 Å². The molecule has 0 aliphatic carbocycles. The summed E-state index contributed by atoms with van der Waals surface area (Å²) in [4.78, 5) is 14.5. The predicted octanol–water partition coefficient (Wildman–Crippen LogP) is 3.81. The van der Waals surface area contributed by atoms with Crippen molar-refractivity contribution in [2.24, 2.45) is 0 Å². The Morgan fingerprint density at radius 3 is 2.44 bits per heavy atom. The van der Waals surface area contributed by atoms with E-state index in [1.807, 2.05) is 0 Å². The minimum Gasteiger partial charge on any atom is -0.507 e. The van der Waals surface area contributed by atoms with Crippen LogP contribution in [0.3, 0.4) is 0 Å². The highest BCUT2D eigenvalue weighted by molar-refractivity contribution is 6.07. The molecule has 4 rings (SSSR count). The lowest BCUT2D eigenvalue weighted by atomic mass is 9.91. The first-order valence-corrected chi connectivity index (χ1v) is 9.26. The van der Waals surface area contributed by atoms with Gasteiger partial charge >= 0.3 is 6.18 Å². The molecule has 0 saturated heterocycles. The number of phenolic OH excluding ortho intramolecular Hbond substituents is 1. The zero-order chi connectivity index (χ0) is 23.6. The Kier molecular flexibility index (Phi) is 6.35. The molecule has 0 spiro atoms. The third-order valence-electron chi connectivity index (χ3n) is 4.80. The van der Waals surface area contributed by atoms with Gasteiger partial charge in [-0.2, -0.15) is 13.2 Å². The van der Waals surface area contributed by atoms with Crippen molar-refractivity contribution < 1.29 is 42.4 Å². The molecule has 2 heterocycles. The maximum Gasteiger partial charge on any atom is 0.448 e. The average Bonchev–Trinajstić information content (AvgIpc) is 3.30. The van der Waals surface area contributed by atoms with Gasteiger partial charge in [0.1, 0.15) is 11.5 Å². The molecule has 2 aromatic carbocycles. The number of para-hydroxylation sites is 1. The van der Waals surface area contributed by atoms with Gasteiger partial charge in [0, 0.05) is 24.4 Å². The Morgan fingerprint density at radius 1 is 1.16 bits per heavy atom. The Hall–Kier alpha value is -3.66. The number of halogens is 3.